The summed E-state index contributed by atoms with van der Waals surface area (Å²) < 4.78 is 1.96. The number of benzene rings is 3. The molecule has 2 heterocycles. The summed E-state index contributed by atoms with van der Waals surface area (Å²) >= 11 is 0. The summed E-state index contributed by atoms with van der Waals surface area (Å²) in [6.07, 6.45) is 3.77. The number of piperidine rings is 1. The molecule has 0 saturated carbocycles. The van der Waals surface area contributed by atoms with Gasteiger partial charge in [-0.1, -0.05) is 96.1 Å². The summed E-state index contributed by atoms with van der Waals surface area (Å²) in [5.41, 5.74) is 8.85. The third-order valence-electron chi connectivity index (χ3n) is 8.04. The van der Waals surface area contributed by atoms with Crippen LogP contribution in [-0.4, -0.2) is 33.4 Å². The molecule has 1 aromatic heterocycles. The first kappa shape index (κ1) is 26.2. The van der Waals surface area contributed by atoms with E-state index in [4.69, 9.17) is 0 Å². The number of rotatable bonds is 4. The zero-order valence-electron chi connectivity index (χ0n) is 23.8. The van der Waals surface area contributed by atoms with Gasteiger partial charge in [0, 0.05) is 13.1 Å². The number of imidazole rings is 1. The highest BCUT2D eigenvalue weighted by Crippen LogP contribution is 2.36. The average molecular weight is 508 g/mol. The van der Waals surface area contributed by atoms with Gasteiger partial charge < -0.3 is 9.47 Å². The quantitative estimate of drug-likeness (QED) is 0.284. The van der Waals surface area contributed by atoms with E-state index in [1.54, 1.807) is 6.33 Å². The van der Waals surface area contributed by atoms with Crippen molar-refractivity contribution in [1.29, 1.82) is 0 Å². The Balaban J connectivity index is 1.30. The van der Waals surface area contributed by atoms with Crippen LogP contribution in [0.4, 0.5) is 0 Å². The number of hydrogen-bond donors (Lipinski definition) is 0. The van der Waals surface area contributed by atoms with E-state index < -0.39 is 0 Å². The van der Waals surface area contributed by atoms with Crippen molar-refractivity contribution in [1.82, 2.24) is 14.5 Å². The molecule has 4 nitrogen and oxygen atoms in total. The predicted octanol–water partition coefficient (Wildman–Crippen LogP) is 7.70. The second-order valence-electron chi connectivity index (χ2n) is 12.9. The number of carbonyl (C=O) groups excluding carboxylic acids is 1. The van der Waals surface area contributed by atoms with Crippen molar-refractivity contribution in [2.75, 3.05) is 13.1 Å². The molecule has 0 unspecified atom stereocenters. The molecule has 1 aliphatic rings. The highest BCUT2D eigenvalue weighted by Gasteiger charge is 2.25. The predicted molar refractivity (Wildman–Crippen MR) is 158 cm³/mol. The van der Waals surface area contributed by atoms with Gasteiger partial charge in [0.25, 0.3) is 0 Å². The number of fused-ring (bicyclic) bond motifs is 1. The number of hydrogen-bond acceptors (Lipinski definition) is 2. The van der Waals surface area contributed by atoms with E-state index >= 15 is 0 Å². The standard InChI is InChI=1S/C34H41N3O/c1-33(2,3)28-19-27(20-29(21-28)34(4,5)6)26-11-9-10-25(18-26)24-14-16-36(17-15-24)32(38)22-37-23-35-30-12-7-8-13-31(30)37/h7-13,18-21,23-24H,14-17,22H2,1-6H3. The zero-order valence-corrected chi connectivity index (χ0v) is 23.8. The summed E-state index contributed by atoms with van der Waals surface area (Å²) in [4.78, 5) is 19.6. The third-order valence-corrected chi connectivity index (χ3v) is 8.04. The van der Waals surface area contributed by atoms with Crippen LogP contribution in [0.3, 0.4) is 0 Å². The monoisotopic (exact) mass is 507 g/mol. The summed E-state index contributed by atoms with van der Waals surface area (Å²) in [5.74, 6) is 0.648. The minimum absolute atomic E-state index is 0.0932. The Bertz CT molecular complexity index is 1410. The molecule has 0 bridgehead atoms. The lowest BCUT2D eigenvalue weighted by molar-refractivity contribution is -0.132. The van der Waals surface area contributed by atoms with Crippen molar-refractivity contribution in [3.8, 4) is 11.1 Å². The van der Waals surface area contributed by atoms with E-state index in [-0.39, 0.29) is 16.7 Å². The summed E-state index contributed by atoms with van der Waals surface area (Å²) in [6.45, 7) is 15.7. The number of carbonyl (C=O) groups is 1. The molecule has 5 rings (SSSR count). The van der Waals surface area contributed by atoms with E-state index in [1.165, 1.54) is 27.8 Å². The van der Waals surface area contributed by atoms with Crippen LogP contribution in [0, 0.1) is 0 Å². The van der Waals surface area contributed by atoms with Gasteiger partial charge in [0.15, 0.2) is 0 Å². The van der Waals surface area contributed by atoms with Crippen LogP contribution in [0.25, 0.3) is 22.2 Å². The maximum Gasteiger partial charge on any atom is 0.242 e. The minimum atomic E-state index is 0.0932. The minimum Gasteiger partial charge on any atom is -0.341 e. The van der Waals surface area contributed by atoms with Crippen LogP contribution >= 0.6 is 0 Å². The van der Waals surface area contributed by atoms with E-state index in [2.05, 4.69) is 89.0 Å². The van der Waals surface area contributed by atoms with E-state index in [9.17, 15) is 4.79 Å². The number of likely N-dealkylation sites (tertiary alicyclic amines) is 1. The molecule has 0 radical (unpaired) electrons. The smallest absolute Gasteiger partial charge is 0.242 e. The molecule has 4 heteroatoms. The lowest BCUT2D eigenvalue weighted by Gasteiger charge is -2.32. The molecule has 1 amide bonds. The molecular formula is C34H41N3O. The zero-order chi connectivity index (χ0) is 27.1. The van der Waals surface area contributed by atoms with Gasteiger partial charge in [-0.3, -0.25) is 4.79 Å². The molecule has 198 valence electrons. The van der Waals surface area contributed by atoms with Gasteiger partial charge in [-0.05, 0) is 69.5 Å². The molecule has 0 aliphatic carbocycles. The van der Waals surface area contributed by atoms with Crippen molar-refractivity contribution in [2.24, 2.45) is 0 Å². The Hall–Kier alpha value is -3.40. The lowest BCUT2D eigenvalue weighted by Crippen LogP contribution is -2.39. The van der Waals surface area contributed by atoms with Gasteiger partial charge in [0.05, 0.1) is 17.4 Å². The van der Waals surface area contributed by atoms with Crippen LogP contribution < -0.4 is 0 Å². The van der Waals surface area contributed by atoms with Gasteiger partial charge in [0.1, 0.15) is 6.54 Å². The first-order chi connectivity index (χ1) is 18.0. The fourth-order valence-corrected chi connectivity index (χ4v) is 5.48. The first-order valence-electron chi connectivity index (χ1n) is 13.9. The van der Waals surface area contributed by atoms with Crippen molar-refractivity contribution in [3.63, 3.8) is 0 Å². The van der Waals surface area contributed by atoms with Gasteiger partial charge >= 0.3 is 0 Å². The molecule has 0 atom stereocenters. The summed E-state index contributed by atoms with van der Waals surface area (Å²) in [7, 11) is 0. The fourth-order valence-electron chi connectivity index (χ4n) is 5.48. The lowest BCUT2D eigenvalue weighted by atomic mass is 9.78. The van der Waals surface area contributed by atoms with Crippen LogP contribution in [0.2, 0.25) is 0 Å². The van der Waals surface area contributed by atoms with E-state index in [1.807, 2.05) is 33.7 Å². The molecule has 4 aromatic rings. The third kappa shape index (κ3) is 5.55. The SMILES string of the molecule is CC(C)(C)c1cc(-c2cccc(C3CCN(C(=O)Cn4cnc5ccccc54)CC3)c2)cc(C(C)(C)C)c1. The van der Waals surface area contributed by atoms with Crippen molar-refractivity contribution in [2.45, 2.75) is 77.7 Å². The van der Waals surface area contributed by atoms with Gasteiger partial charge in [-0.2, -0.15) is 0 Å². The second-order valence-corrected chi connectivity index (χ2v) is 12.9. The Morgan fingerprint density at radius 1 is 0.816 bits per heavy atom. The van der Waals surface area contributed by atoms with Crippen LogP contribution in [0.5, 0.6) is 0 Å². The van der Waals surface area contributed by atoms with Crippen LogP contribution in [0.15, 0.2) is 73.1 Å². The largest absolute Gasteiger partial charge is 0.341 e. The number of amides is 1. The number of para-hydroxylation sites is 2. The molecule has 0 N–H and O–H groups in total. The summed E-state index contributed by atoms with van der Waals surface area (Å²) in [5, 5.41) is 0. The molecule has 3 aromatic carbocycles. The highest BCUT2D eigenvalue weighted by atomic mass is 16.2. The number of nitrogens with zero attached hydrogens (tertiary/aromatic N) is 3. The Morgan fingerprint density at radius 3 is 2.13 bits per heavy atom. The van der Waals surface area contributed by atoms with E-state index in [0.717, 1.165) is 37.0 Å². The van der Waals surface area contributed by atoms with Crippen LogP contribution in [-0.2, 0) is 22.2 Å². The molecule has 0 spiro atoms. The van der Waals surface area contributed by atoms with E-state index in [0.29, 0.717) is 12.5 Å². The Labute approximate surface area is 227 Å². The maximum absolute atomic E-state index is 13.1. The molecular weight excluding hydrogens is 466 g/mol. The molecule has 1 aliphatic heterocycles. The molecule has 1 fully saturated rings. The van der Waals surface area contributed by atoms with Gasteiger partial charge in [-0.25, -0.2) is 4.98 Å². The highest BCUT2D eigenvalue weighted by molar-refractivity contribution is 5.80. The van der Waals surface area contributed by atoms with Crippen molar-refractivity contribution >= 4 is 16.9 Å². The van der Waals surface area contributed by atoms with Crippen molar-refractivity contribution in [3.05, 3.63) is 89.7 Å². The second kappa shape index (κ2) is 10.1. The Kier molecular flexibility index (Phi) is 6.94. The fraction of sp³-hybridized carbons (Fsp3) is 0.412. The van der Waals surface area contributed by atoms with Crippen molar-refractivity contribution < 1.29 is 4.79 Å². The van der Waals surface area contributed by atoms with Gasteiger partial charge in [-0.15, -0.1) is 0 Å². The normalized spacial score (nSPS) is 15.3. The molecule has 1 saturated heterocycles. The first-order valence-corrected chi connectivity index (χ1v) is 13.9. The van der Waals surface area contributed by atoms with Crippen LogP contribution in [0.1, 0.15) is 77.0 Å². The number of aromatic nitrogens is 2. The topological polar surface area (TPSA) is 38.1 Å². The summed E-state index contributed by atoms with van der Waals surface area (Å²) in [6, 6.07) is 24.2. The average Bonchev–Trinajstić information content (AvgIpc) is 3.30. The molecule has 38 heavy (non-hydrogen) atoms. The maximum atomic E-state index is 13.1. The Morgan fingerprint density at radius 2 is 1.47 bits per heavy atom. The van der Waals surface area contributed by atoms with Gasteiger partial charge in [0.2, 0.25) is 5.91 Å².